The summed E-state index contributed by atoms with van der Waals surface area (Å²) in [6.07, 6.45) is -8.25. The van der Waals surface area contributed by atoms with E-state index in [1.807, 2.05) is 25.1 Å². The lowest BCUT2D eigenvalue weighted by molar-refractivity contribution is -0.192. The first-order chi connectivity index (χ1) is 25.8. The second-order valence-electron chi connectivity index (χ2n) is 13.0. The smallest absolute Gasteiger partial charge is 0.483 e. The predicted molar refractivity (Wildman–Crippen MR) is 186 cm³/mol. The lowest BCUT2D eigenvalue weighted by Crippen LogP contribution is -2.61. The zero-order valence-electron chi connectivity index (χ0n) is 29.0. The average molecular weight is 796 g/mol. The number of nitrogens with one attached hydrogen (secondary N) is 2. The average Bonchev–Trinajstić information content (AvgIpc) is 3.11. The van der Waals surface area contributed by atoms with E-state index in [9.17, 15) is 39.6 Å². The quantitative estimate of drug-likeness (QED) is 0.149. The molecule has 2 fully saturated rings. The molecule has 0 aliphatic carbocycles. The number of carboxylic acid groups (broad SMARTS) is 1. The van der Waals surface area contributed by atoms with Gasteiger partial charge in [-0.3, -0.25) is 9.52 Å². The summed E-state index contributed by atoms with van der Waals surface area (Å²) in [5.41, 5.74) is 0.651. The maximum atomic E-state index is 13.6. The number of carbonyl (C=O) groups is 2. The topological polar surface area (TPSA) is 160 Å². The number of ether oxygens (including phenoxy) is 2. The number of hydrogen-bond donors (Lipinski definition) is 3. The number of halogens is 6. The number of aliphatic carboxylic acids is 1. The van der Waals surface area contributed by atoms with Gasteiger partial charge in [0.25, 0.3) is 5.91 Å². The second kappa shape index (κ2) is 16.5. The molecule has 294 valence electrons. The Kier molecular flexibility index (Phi) is 12.2. The fourth-order valence-electron chi connectivity index (χ4n) is 5.70. The number of piperidine rings is 1. The van der Waals surface area contributed by atoms with E-state index < -0.39 is 39.6 Å². The Bertz CT molecular complexity index is 2060. The minimum Gasteiger partial charge on any atom is -0.483 e. The zero-order valence-corrected chi connectivity index (χ0v) is 29.8. The van der Waals surface area contributed by atoms with E-state index in [1.54, 1.807) is 59.5 Å². The van der Waals surface area contributed by atoms with Gasteiger partial charge in [-0.05, 0) is 73.2 Å². The highest BCUT2D eigenvalue weighted by atomic mass is 32.2. The monoisotopic (exact) mass is 795 g/mol. The highest BCUT2D eigenvalue weighted by molar-refractivity contribution is 7.91. The molecule has 0 spiro atoms. The van der Waals surface area contributed by atoms with Crippen LogP contribution in [0, 0.1) is 0 Å². The van der Waals surface area contributed by atoms with Crippen molar-refractivity contribution in [3.8, 4) is 17.4 Å². The number of alkyl halides is 6. The maximum Gasteiger partial charge on any atom is 0.490 e. The third-order valence-electron chi connectivity index (χ3n) is 8.57. The number of amides is 1. The Labute approximate surface area is 311 Å². The van der Waals surface area contributed by atoms with Gasteiger partial charge in [-0.25, -0.2) is 13.2 Å². The Balaban J connectivity index is 0.000000757. The molecule has 55 heavy (non-hydrogen) atoms. The largest absolute Gasteiger partial charge is 0.490 e. The van der Waals surface area contributed by atoms with Gasteiger partial charge in [0.05, 0.1) is 11.4 Å². The summed E-state index contributed by atoms with van der Waals surface area (Å²) in [6.45, 7) is 4.16. The maximum absolute atomic E-state index is 13.6. The van der Waals surface area contributed by atoms with Crippen LogP contribution in [0.15, 0.2) is 84.9 Å². The third-order valence-corrected chi connectivity index (χ3v) is 9.82. The van der Waals surface area contributed by atoms with Crippen molar-refractivity contribution in [1.82, 2.24) is 20.4 Å². The number of hydrogen-bond acceptors (Lipinski definition) is 9. The molecule has 3 heterocycles. The van der Waals surface area contributed by atoms with E-state index in [4.69, 9.17) is 19.4 Å². The van der Waals surface area contributed by atoms with E-state index in [0.29, 0.717) is 61.6 Å². The highest BCUT2D eigenvalue weighted by Crippen LogP contribution is 2.35. The summed E-state index contributed by atoms with van der Waals surface area (Å²) in [5.74, 6) is -2.30. The van der Waals surface area contributed by atoms with Gasteiger partial charge in [-0.1, -0.05) is 42.5 Å². The molecule has 2 aliphatic heterocycles. The fraction of sp³-hybridized carbons (Fsp3) is 0.333. The molecule has 0 radical (unpaired) electrons. The number of anilines is 1. The van der Waals surface area contributed by atoms with Gasteiger partial charge < -0.3 is 24.8 Å². The number of aromatic nitrogens is 2. The van der Waals surface area contributed by atoms with Crippen molar-refractivity contribution < 1.29 is 58.9 Å². The summed E-state index contributed by atoms with van der Waals surface area (Å²) in [4.78, 5) is 24.3. The van der Waals surface area contributed by atoms with Crippen LogP contribution in [-0.2, 0) is 26.7 Å². The Hall–Kier alpha value is -5.43. The molecule has 0 unspecified atom stereocenters. The Morgan fingerprint density at radius 1 is 0.927 bits per heavy atom. The number of nitrogens with zero attached hydrogens (tertiary/aromatic N) is 3. The molecule has 19 heteroatoms. The van der Waals surface area contributed by atoms with Crippen LogP contribution in [0.4, 0.5) is 32.0 Å². The molecule has 12 nitrogen and oxygen atoms in total. The van der Waals surface area contributed by atoms with Gasteiger partial charge >= 0.3 is 18.3 Å². The lowest BCUT2D eigenvalue weighted by atomic mass is 9.89. The molecule has 2 aliphatic rings. The number of benzene rings is 3. The number of likely N-dealkylation sites (tertiary alicyclic amines) is 1. The summed E-state index contributed by atoms with van der Waals surface area (Å²) < 4.78 is 111. The molecule has 3 aromatic carbocycles. The first kappa shape index (κ1) is 40.7. The van der Waals surface area contributed by atoms with Crippen LogP contribution in [0.2, 0.25) is 0 Å². The molecule has 0 saturated carbocycles. The zero-order chi connectivity index (χ0) is 40.0. The minimum absolute atomic E-state index is 0.0523. The van der Waals surface area contributed by atoms with E-state index in [2.05, 4.69) is 20.2 Å². The highest BCUT2D eigenvalue weighted by Gasteiger charge is 2.38. The van der Waals surface area contributed by atoms with Crippen LogP contribution in [-0.4, -0.2) is 78.5 Å². The van der Waals surface area contributed by atoms with Gasteiger partial charge in [0.15, 0.2) is 5.69 Å². The molecule has 1 aromatic heterocycles. The molecule has 3 N–H and O–H groups in total. The van der Waals surface area contributed by atoms with Gasteiger partial charge in [0, 0.05) is 37.8 Å². The number of carbonyl (C=O) groups excluding carboxylic acids is 1. The number of sulfonamides is 1. The summed E-state index contributed by atoms with van der Waals surface area (Å²) in [6, 6.07) is 22.8. The third kappa shape index (κ3) is 11.3. The Morgan fingerprint density at radius 3 is 2.09 bits per heavy atom. The van der Waals surface area contributed by atoms with Crippen LogP contribution in [0.5, 0.6) is 17.4 Å². The van der Waals surface area contributed by atoms with Crippen molar-refractivity contribution in [3.63, 3.8) is 0 Å². The van der Waals surface area contributed by atoms with Crippen molar-refractivity contribution in [2.45, 2.75) is 49.4 Å². The normalized spacial score (nSPS) is 15.9. The van der Waals surface area contributed by atoms with E-state index in [1.165, 1.54) is 0 Å². The van der Waals surface area contributed by atoms with E-state index in [0.717, 1.165) is 17.7 Å². The second-order valence-corrected chi connectivity index (χ2v) is 14.7. The number of carboxylic acids is 1. The van der Waals surface area contributed by atoms with E-state index >= 15 is 0 Å². The van der Waals surface area contributed by atoms with Gasteiger partial charge in [-0.15, -0.1) is 10.2 Å². The van der Waals surface area contributed by atoms with Gasteiger partial charge in [0.2, 0.25) is 15.9 Å². The van der Waals surface area contributed by atoms with Crippen molar-refractivity contribution in [1.29, 1.82) is 0 Å². The first-order valence-electron chi connectivity index (χ1n) is 16.7. The molecule has 6 rings (SSSR count). The van der Waals surface area contributed by atoms with Crippen LogP contribution in [0.1, 0.15) is 52.9 Å². The van der Waals surface area contributed by atoms with Crippen LogP contribution in [0.3, 0.4) is 0 Å². The minimum atomic E-state index is -5.08. The summed E-state index contributed by atoms with van der Waals surface area (Å²) in [7, 11) is -3.81. The van der Waals surface area contributed by atoms with Crippen molar-refractivity contribution in [2.24, 2.45) is 0 Å². The molecule has 2 saturated heterocycles. The Morgan fingerprint density at radius 2 is 1.56 bits per heavy atom. The van der Waals surface area contributed by atoms with Crippen molar-refractivity contribution in [2.75, 3.05) is 30.9 Å². The molecule has 4 aromatic rings. The van der Waals surface area contributed by atoms with Crippen LogP contribution < -0.4 is 19.5 Å². The summed E-state index contributed by atoms with van der Waals surface area (Å²) >= 11 is 0. The molecule has 1 amide bonds. The first-order valence-corrected chi connectivity index (χ1v) is 18.3. The fourth-order valence-corrected chi connectivity index (χ4v) is 6.89. The molecular formula is C36H35F6N5O7S. The van der Waals surface area contributed by atoms with Gasteiger partial charge in [0.1, 0.15) is 17.1 Å². The number of rotatable bonds is 10. The summed E-state index contributed by atoms with van der Waals surface area (Å²) in [5, 5.41) is 17.0. The standard InChI is InChI=1S/C34H34F3N5O5S.C2HF3O2/c1-33(21-38-22-33)47-29-12-9-26(19-28(29)41-48(44,45)20-23-5-3-2-4-6-23)32(43)42-17-15-25(16-18-42)24-7-10-27(11-8-24)46-31-14-13-30(39-40-31)34(35,36)37;3-2(4,5)1(6)7/h2-14,19,25,38,41H,15-18,20-22H2,1H3;(H,6,7). The molecule has 0 atom stereocenters. The molecule has 0 bridgehead atoms. The molecular weight excluding hydrogens is 760 g/mol. The van der Waals surface area contributed by atoms with Crippen molar-refractivity contribution >= 4 is 27.6 Å². The van der Waals surface area contributed by atoms with E-state index in [-0.39, 0.29) is 29.1 Å². The van der Waals surface area contributed by atoms with Crippen molar-refractivity contribution in [3.05, 3.63) is 107 Å². The predicted octanol–water partition coefficient (Wildman–Crippen LogP) is 6.62. The SMILES string of the molecule is CC1(Oc2ccc(C(=O)N3CCC(c4ccc(Oc5ccc(C(F)(F)F)nn5)cc4)CC3)cc2NS(=O)(=O)Cc2ccccc2)CNC1.O=C(O)C(F)(F)F. The van der Waals surface area contributed by atoms with Gasteiger partial charge in [-0.2, -0.15) is 26.3 Å². The van der Waals surface area contributed by atoms with Crippen LogP contribution >= 0.6 is 0 Å². The lowest BCUT2D eigenvalue weighted by Gasteiger charge is -2.40. The van der Waals surface area contributed by atoms with Crippen LogP contribution in [0.25, 0.3) is 0 Å².